The summed E-state index contributed by atoms with van der Waals surface area (Å²) in [4.78, 5) is 11.8. The third-order valence-corrected chi connectivity index (χ3v) is 4.33. The van der Waals surface area contributed by atoms with Crippen LogP contribution in [0.4, 0.5) is 5.69 Å². The van der Waals surface area contributed by atoms with Gasteiger partial charge in [0.1, 0.15) is 0 Å². The molecule has 4 heteroatoms. The van der Waals surface area contributed by atoms with E-state index in [9.17, 15) is 4.79 Å². The van der Waals surface area contributed by atoms with Crippen molar-refractivity contribution in [2.45, 2.75) is 45.7 Å². The molecule has 0 amide bonds. The molecule has 1 aromatic rings. The Morgan fingerprint density at radius 3 is 2.90 bits per heavy atom. The van der Waals surface area contributed by atoms with E-state index in [1.165, 1.54) is 19.3 Å². The van der Waals surface area contributed by atoms with Crippen LogP contribution >= 0.6 is 0 Å². The van der Waals surface area contributed by atoms with Gasteiger partial charge in [-0.2, -0.15) is 0 Å². The lowest BCUT2D eigenvalue weighted by molar-refractivity contribution is 0.186. The van der Waals surface area contributed by atoms with Crippen LogP contribution in [0.5, 0.6) is 0 Å². The molecule has 0 radical (unpaired) electrons. The minimum atomic E-state index is 0.0256. The van der Waals surface area contributed by atoms with Crippen molar-refractivity contribution in [1.29, 1.82) is 0 Å². The van der Waals surface area contributed by atoms with E-state index >= 15 is 0 Å². The van der Waals surface area contributed by atoms with Gasteiger partial charge in [0.2, 0.25) is 0 Å². The largest absolute Gasteiger partial charge is 0.383 e. The third kappa shape index (κ3) is 3.85. The van der Waals surface area contributed by atoms with Crippen LogP contribution in [0.25, 0.3) is 0 Å². The van der Waals surface area contributed by atoms with Gasteiger partial charge >= 0.3 is 0 Å². The van der Waals surface area contributed by atoms with Crippen molar-refractivity contribution in [3.8, 4) is 0 Å². The number of nitrogens with zero attached hydrogens (tertiary/aromatic N) is 1. The van der Waals surface area contributed by atoms with Crippen LogP contribution in [-0.4, -0.2) is 24.3 Å². The van der Waals surface area contributed by atoms with E-state index in [-0.39, 0.29) is 5.56 Å². The number of rotatable bonds is 5. The van der Waals surface area contributed by atoms with E-state index in [4.69, 9.17) is 4.74 Å². The van der Waals surface area contributed by atoms with E-state index in [1.807, 2.05) is 12.3 Å². The van der Waals surface area contributed by atoms with Gasteiger partial charge in [-0.3, -0.25) is 4.79 Å². The fourth-order valence-corrected chi connectivity index (χ4v) is 2.93. The summed E-state index contributed by atoms with van der Waals surface area (Å²) in [7, 11) is 1.65. The molecule has 112 valence electrons. The fraction of sp³-hybridized carbons (Fsp3) is 0.688. The highest BCUT2D eigenvalue weighted by molar-refractivity contribution is 5.41. The fourth-order valence-electron chi connectivity index (χ4n) is 2.93. The van der Waals surface area contributed by atoms with E-state index in [2.05, 4.69) is 19.2 Å². The summed E-state index contributed by atoms with van der Waals surface area (Å²) in [6, 6.07) is 4.03. The first-order valence-electron chi connectivity index (χ1n) is 7.56. The summed E-state index contributed by atoms with van der Waals surface area (Å²) in [5, 5.41) is 3.60. The minimum absolute atomic E-state index is 0.0256. The standard InChI is InChI=1S/C16H26N2O2/c1-12-4-5-13(2)15(10-12)17-14-6-7-16(19)18(11-14)8-9-20-3/h6-7,11-13,15,17H,4-5,8-10H2,1-3H3. The molecular weight excluding hydrogens is 252 g/mol. The van der Waals surface area contributed by atoms with E-state index in [0.717, 1.165) is 11.6 Å². The second-order valence-electron chi connectivity index (χ2n) is 6.09. The van der Waals surface area contributed by atoms with Gasteiger partial charge in [0.25, 0.3) is 5.56 Å². The smallest absolute Gasteiger partial charge is 0.250 e. The maximum atomic E-state index is 11.8. The maximum Gasteiger partial charge on any atom is 0.250 e. The average Bonchev–Trinajstić information content (AvgIpc) is 2.43. The molecule has 0 bridgehead atoms. The van der Waals surface area contributed by atoms with Gasteiger partial charge in [-0.1, -0.05) is 20.3 Å². The molecule has 1 fully saturated rings. The molecule has 1 N–H and O–H groups in total. The van der Waals surface area contributed by atoms with Crippen molar-refractivity contribution in [3.63, 3.8) is 0 Å². The highest BCUT2D eigenvalue weighted by Gasteiger charge is 2.25. The molecule has 0 aliphatic heterocycles. The summed E-state index contributed by atoms with van der Waals surface area (Å²) < 4.78 is 6.75. The van der Waals surface area contributed by atoms with Gasteiger partial charge in [0, 0.05) is 32.0 Å². The molecular formula is C16H26N2O2. The zero-order valence-corrected chi connectivity index (χ0v) is 12.8. The van der Waals surface area contributed by atoms with Crippen molar-refractivity contribution >= 4 is 5.69 Å². The first kappa shape index (κ1) is 15.1. The van der Waals surface area contributed by atoms with Gasteiger partial charge < -0.3 is 14.6 Å². The Bertz CT molecular complexity index is 484. The molecule has 0 spiro atoms. The minimum Gasteiger partial charge on any atom is -0.383 e. The molecule has 1 saturated carbocycles. The Labute approximate surface area is 121 Å². The van der Waals surface area contributed by atoms with Gasteiger partial charge in [-0.15, -0.1) is 0 Å². The Morgan fingerprint density at radius 1 is 1.35 bits per heavy atom. The van der Waals surface area contributed by atoms with E-state index < -0.39 is 0 Å². The lowest BCUT2D eigenvalue weighted by Crippen LogP contribution is -2.34. The average molecular weight is 278 g/mol. The van der Waals surface area contributed by atoms with E-state index in [1.54, 1.807) is 17.7 Å². The van der Waals surface area contributed by atoms with Crippen molar-refractivity contribution in [3.05, 3.63) is 28.7 Å². The number of ether oxygens (including phenoxy) is 1. The Kier molecular flexibility index (Phi) is 5.24. The van der Waals surface area contributed by atoms with Gasteiger partial charge in [-0.05, 0) is 30.7 Å². The van der Waals surface area contributed by atoms with Crippen LogP contribution < -0.4 is 10.9 Å². The lowest BCUT2D eigenvalue weighted by atomic mass is 9.80. The summed E-state index contributed by atoms with van der Waals surface area (Å²) in [5.74, 6) is 1.47. The SMILES string of the molecule is COCCn1cc(NC2CC(C)CCC2C)ccc1=O. The topological polar surface area (TPSA) is 43.3 Å². The van der Waals surface area contributed by atoms with Crippen molar-refractivity contribution in [2.75, 3.05) is 19.0 Å². The van der Waals surface area contributed by atoms with Gasteiger partial charge in [0.05, 0.1) is 12.3 Å². The highest BCUT2D eigenvalue weighted by atomic mass is 16.5. The summed E-state index contributed by atoms with van der Waals surface area (Å²) in [6.07, 6.45) is 5.72. The van der Waals surface area contributed by atoms with Crippen molar-refractivity contribution in [2.24, 2.45) is 11.8 Å². The molecule has 0 saturated heterocycles. The second-order valence-corrected chi connectivity index (χ2v) is 6.09. The normalized spacial score (nSPS) is 26.4. The molecule has 1 heterocycles. The summed E-state index contributed by atoms with van der Waals surface area (Å²) >= 11 is 0. The van der Waals surface area contributed by atoms with Gasteiger partial charge in [-0.25, -0.2) is 0 Å². The number of pyridine rings is 1. The Balaban J connectivity index is 2.06. The number of aromatic nitrogens is 1. The van der Waals surface area contributed by atoms with E-state index in [0.29, 0.717) is 25.1 Å². The third-order valence-electron chi connectivity index (χ3n) is 4.33. The summed E-state index contributed by atoms with van der Waals surface area (Å²) in [5.41, 5.74) is 1.06. The highest BCUT2D eigenvalue weighted by Crippen LogP contribution is 2.30. The second kappa shape index (κ2) is 6.93. The van der Waals surface area contributed by atoms with Crippen LogP contribution in [0.15, 0.2) is 23.1 Å². The zero-order chi connectivity index (χ0) is 14.5. The van der Waals surface area contributed by atoms with Crippen LogP contribution in [0.2, 0.25) is 0 Å². The van der Waals surface area contributed by atoms with Crippen molar-refractivity contribution in [1.82, 2.24) is 4.57 Å². The molecule has 1 aromatic heterocycles. The zero-order valence-electron chi connectivity index (χ0n) is 12.8. The summed E-state index contributed by atoms with van der Waals surface area (Å²) in [6.45, 7) is 5.78. The Hall–Kier alpha value is -1.29. The quantitative estimate of drug-likeness (QED) is 0.900. The monoisotopic (exact) mass is 278 g/mol. The maximum absolute atomic E-state index is 11.8. The van der Waals surface area contributed by atoms with Crippen LogP contribution in [0.1, 0.15) is 33.1 Å². The van der Waals surface area contributed by atoms with Crippen LogP contribution in [0.3, 0.4) is 0 Å². The number of hydrogen-bond acceptors (Lipinski definition) is 3. The number of hydrogen-bond donors (Lipinski definition) is 1. The predicted molar refractivity (Wildman–Crippen MR) is 82.2 cm³/mol. The van der Waals surface area contributed by atoms with Gasteiger partial charge in [0.15, 0.2) is 0 Å². The molecule has 1 aliphatic rings. The van der Waals surface area contributed by atoms with Crippen LogP contribution in [-0.2, 0) is 11.3 Å². The van der Waals surface area contributed by atoms with Crippen LogP contribution in [0, 0.1) is 11.8 Å². The first-order valence-corrected chi connectivity index (χ1v) is 7.56. The molecule has 4 nitrogen and oxygen atoms in total. The van der Waals surface area contributed by atoms with Crippen molar-refractivity contribution < 1.29 is 4.74 Å². The molecule has 2 rings (SSSR count). The first-order chi connectivity index (χ1) is 9.60. The molecule has 20 heavy (non-hydrogen) atoms. The molecule has 3 atom stereocenters. The molecule has 1 aliphatic carbocycles. The predicted octanol–water partition coefficient (Wildman–Crippen LogP) is 2.73. The lowest BCUT2D eigenvalue weighted by Gasteiger charge is -2.34. The Morgan fingerprint density at radius 2 is 2.15 bits per heavy atom. The number of nitrogens with one attached hydrogen (secondary N) is 1. The molecule has 3 unspecified atom stereocenters. The number of methoxy groups -OCH3 is 1. The number of anilines is 1. The molecule has 0 aromatic carbocycles.